The van der Waals surface area contributed by atoms with E-state index in [1.165, 1.54) is 13.2 Å². The van der Waals surface area contributed by atoms with E-state index in [1.807, 2.05) is 18.2 Å². The number of aryl methyl sites for hydroxylation is 1. The number of nitrogens with one attached hydrogen (secondary N) is 1. The largest absolute Gasteiger partial charge is 0.497 e. The molecule has 6 nitrogen and oxygen atoms in total. The Morgan fingerprint density at radius 2 is 1.87 bits per heavy atom. The molecule has 0 aliphatic heterocycles. The van der Waals surface area contributed by atoms with Crippen molar-refractivity contribution in [3.05, 3.63) is 59.3 Å². The summed E-state index contributed by atoms with van der Waals surface area (Å²) in [5, 5.41) is 3.67. The van der Waals surface area contributed by atoms with Crippen LogP contribution >= 0.6 is 0 Å². The van der Waals surface area contributed by atoms with Gasteiger partial charge in [0, 0.05) is 11.9 Å². The normalized spacial score (nSPS) is 10.9. The lowest BCUT2D eigenvalue weighted by Crippen LogP contribution is -2.26. The van der Waals surface area contributed by atoms with E-state index in [0.29, 0.717) is 30.0 Å². The second kappa shape index (κ2) is 9.39. The number of hydrogen-bond donors (Lipinski definition) is 1. The molecular weight excluding hydrogens is 394 g/mol. The van der Waals surface area contributed by atoms with E-state index in [4.69, 9.17) is 9.47 Å². The number of carbonyl (C=O) groups excluding carboxylic acids is 1. The van der Waals surface area contributed by atoms with E-state index in [0.717, 1.165) is 16.5 Å². The first kappa shape index (κ1) is 21.3. The van der Waals surface area contributed by atoms with Crippen LogP contribution in [0.4, 0.5) is 8.78 Å². The SMILES string of the molecule is COc1ccc2nc(C)c(C(=O)NCCc3ccc(OC(F)F)c(OC)c3)cc2c1. The first-order valence-electron chi connectivity index (χ1n) is 9.26. The molecule has 0 spiro atoms. The smallest absolute Gasteiger partial charge is 0.387 e. The topological polar surface area (TPSA) is 69.7 Å². The van der Waals surface area contributed by atoms with Crippen LogP contribution < -0.4 is 19.5 Å². The number of ether oxygens (including phenoxy) is 3. The van der Waals surface area contributed by atoms with Gasteiger partial charge in [-0.2, -0.15) is 8.78 Å². The average Bonchev–Trinajstić information content (AvgIpc) is 2.73. The molecule has 0 saturated heterocycles. The lowest BCUT2D eigenvalue weighted by molar-refractivity contribution is -0.0512. The van der Waals surface area contributed by atoms with Gasteiger partial charge in [0.05, 0.1) is 31.0 Å². The molecule has 0 atom stereocenters. The van der Waals surface area contributed by atoms with Crippen LogP contribution in [0.3, 0.4) is 0 Å². The van der Waals surface area contributed by atoms with Crippen molar-refractivity contribution < 1.29 is 27.8 Å². The Bertz CT molecular complexity index is 1060. The summed E-state index contributed by atoms with van der Waals surface area (Å²) in [7, 11) is 2.96. The van der Waals surface area contributed by atoms with Crippen LogP contribution in [-0.4, -0.2) is 38.3 Å². The first-order valence-corrected chi connectivity index (χ1v) is 9.26. The third-order valence-corrected chi connectivity index (χ3v) is 4.60. The van der Waals surface area contributed by atoms with Gasteiger partial charge in [-0.3, -0.25) is 9.78 Å². The molecule has 8 heteroatoms. The zero-order valence-electron chi connectivity index (χ0n) is 16.9. The Morgan fingerprint density at radius 3 is 2.57 bits per heavy atom. The highest BCUT2D eigenvalue weighted by atomic mass is 19.3. The fourth-order valence-electron chi connectivity index (χ4n) is 3.08. The Balaban J connectivity index is 1.68. The van der Waals surface area contributed by atoms with Crippen LogP contribution in [0.5, 0.6) is 17.2 Å². The highest BCUT2D eigenvalue weighted by molar-refractivity contribution is 5.98. The Kier molecular flexibility index (Phi) is 6.66. The molecule has 1 N–H and O–H groups in total. The number of pyridine rings is 1. The number of rotatable bonds is 8. The summed E-state index contributed by atoms with van der Waals surface area (Å²) in [6.45, 7) is -0.791. The van der Waals surface area contributed by atoms with Gasteiger partial charge >= 0.3 is 6.61 Å². The molecule has 0 bridgehead atoms. The minimum Gasteiger partial charge on any atom is -0.497 e. The average molecular weight is 416 g/mol. The van der Waals surface area contributed by atoms with Gasteiger partial charge in [0.2, 0.25) is 0 Å². The van der Waals surface area contributed by atoms with Gasteiger partial charge in [-0.15, -0.1) is 0 Å². The third-order valence-electron chi connectivity index (χ3n) is 4.60. The second-order valence-corrected chi connectivity index (χ2v) is 6.55. The number of nitrogens with zero attached hydrogens (tertiary/aromatic N) is 1. The number of halogens is 2. The molecule has 0 aliphatic rings. The standard InChI is InChI=1S/C22H22F2N2O4/c1-13-17(12-15-11-16(28-2)5-6-18(15)26-13)21(27)25-9-8-14-4-7-19(30-22(23)24)20(10-14)29-3/h4-7,10-12,22H,8-9H2,1-3H3,(H,25,27). The molecule has 2 aromatic carbocycles. The van der Waals surface area contributed by atoms with E-state index < -0.39 is 6.61 Å². The fraction of sp³-hybridized carbons (Fsp3) is 0.273. The fourth-order valence-corrected chi connectivity index (χ4v) is 3.08. The molecule has 30 heavy (non-hydrogen) atoms. The highest BCUT2D eigenvalue weighted by Gasteiger charge is 2.13. The Hall–Kier alpha value is -3.42. The summed E-state index contributed by atoms with van der Waals surface area (Å²) in [4.78, 5) is 17.1. The van der Waals surface area contributed by atoms with Crippen LogP contribution in [0.1, 0.15) is 21.6 Å². The van der Waals surface area contributed by atoms with Crippen molar-refractivity contribution >= 4 is 16.8 Å². The van der Waals surface area contributed by atoms with Crippen molar-refractivity contribution in [2.24, 2.45) is 0 Å². The predicted molar refractivity (Wildman–Crippen MR) is 109 cm³/mol. The van der Waals surface area contributed by atoms with Crippen molar-refractivity contribution in [2.45, 2.75) is 20.0 Å². The minimum atomic E-state index is -2.93. The van der Waals surface area contributed by atoms with Crippen molar-refractivity contribution in [1.29, 1.82) is 0 Å². The monoisotopic (exact) mass is 416 g/mol. The quantitative estimate of drug-likeness (QED) is 0.598. The van der Waals surface area contributed by atoms with Gasteiger partial charge in [0.1, 0.15) is 5.75 Å². The number of carbonyl (C=O) groups is 1. The molecule has 158 valence electrons. The number of fused-ring (bicyclic) bond motifs is 1. The number of benzene rings is 2. The lowest BCUT2D eigenvalue weighted by Gasteiger charge is -2.12. The van der Waals surface area contributed by atoms with Crippen molar-refractivity contribution in [1.82, 2.24) is 10.3 Å². The van der Waals surface area contributed by atoms with Gasteiger partial charge in [-0.1, -0.05) is 6.07 Å². The third kappa shape index (κ3) is 4.94. The zero-order chi connectivity index (χ0) is 21.7. The maximum Gasteiger partial charge on any atom is 0.387 e. The molecule has 1 aromatic heterocycles. The second-order valence-electron chi connectivity index (χ2n) is 6.55. The van der Waals surface area contributed by atoms with Gasteiger partial charge in [0.15, 0.2) is 11.5 Å². The number of aromatic nitrogens is 1. The van der Waals surface area contributed by atoms with E-state index in [9.17, 15) is 13.6 Å². The van der Waals surface area contributed by atoms with Gasteiger partial charge in [-0.25, -0.2) is 0 Å². The first-order chi connectivity index (χ1) is 14.4. The minimum absolute atomic E-state index is 0.0337. The molecule has 3 rings (SSSR count). The van der Waals surface area contributed by atoms with E-state index in [-0.39, 0.29) is 17.4 Å². The van der Waals surface area contributed by atoms with E-state index in [1.54, 1.807) is 32.2 Å². The van der Waals surface area contributed by atoms with Gasteiger partial charge in [0.25, 0.3) is 5.91 Å². The summed E-state index contributed by atoms with van der Waals surface area (Å²) in [5.74, 6) is 0.623. The van der Waals surface area contributed by atoms with Crippen molar-refractivity contribution in [3.8, 4) is 17.2 Å². The summed E-state index contributed by atoms with van der Waals surface area (Å²) in [6.07, 6.45) is 0.491. The predicted octanol–water partition coefficient (Wildman–Crippen LogP) is 4.13. The van der Waals surface area contributed by atoms with Crippen molar-refractivity contribution in [3.63, 3.8) is 0 Å². The van der Waals surface area contributed by atoms with E-state index in [2.05, 4.69) is 15.0 Å². The lowest BCUT2D eigenvalue weighted by atomic mass is 10.1. The molecule has 3 aromatic rings. The molecule has 1 amide bonds. The summed E-state index contributed by atoms with van der Waals surface area (Å²) in [5.41, 5.74) is 2.70. The zero-order valence-corrected chi connectivity index (χ0v) is 16.9. The summed E-state index contributed by atoms with van der Waals surface area (Å²) in [6, 6.07) is 12.0. The molecular formula is C22H22F2N2O4. The van der Waals surface area contributed by atoms with Crippen LogP contribution in [0.15, 0.2) is 42.5 Å². The number of hydrogen-bond acceptors (Lipinski definition) is 5. The summed E-state index contributed by atoms with van der Waals surface area (Å²) < 4.78 is 39.6. The molecule has 0 aliphatic carbocycles. The molecule has 0 unspecified atom stereocenters. The van der Waals surface area contributed by atoms with Crippen LogP contribution in [0.25, 0.3) is 10.9 Å². The van der Waals surface area contributed by atoms with Gasteiger partial charge in [-0.05, 0) is 55.3 Å². The Morgan fingerprint density at radius 1 is 1.07 bits per heavy atom. The van der Waals surface area contributed by atoms with Crippen LogP contribution in [0.2, 0.25) is 0 Å². The summed E-state index contributed by atoms with van der Waals surface area (Å²) >= 11 is 0. The van der Waals surface area contributed by atoms with E-state index >= 15 is 0 Å². The molecule has 0 radical (unpaired) electrons. The maximum absolute atomic E-state index is 12.6. The van der Waals surface area contributed by atoms with Gasteiger partial charge < -0.3 is 19.5 Å². The van der Waals surface area contributed by atoms with Crippen LogP contribution in [0, 0.1) is 6.92 Å². The molecule has 0 saturated carbocycles. The molecule has 1 heterocycles. The number of amides is 1. The number of methoxy groups -OCH3 is 2. The molecule has 0 fully saturated rings. The van der Waals surface area contributed by atoms with Crippen LogP contribution in [-0.2, 0) is 6.42 Å². The highest BCUT2D eigenvalue weighted by Crippen LogP contribution is 2.29. The van der Waals surface area contributed by atoms with Crippen molar-refractivity contribution in [2.75, 3.05) is 20.8 Å². The maximum atomic E-state index is 12.6. The number of alkyl halides is 2. The Labute approximate surface area is 172 Å².